The second-order valence-corrected chi connectivity index (χ2v) is 4.11. The average molecular weight is 228 g/mol. The topological polar surface area (TPSA) is 0 Å². The molecule has 0 aliphatic carbocycles. The fourth-order valence-corrected chi connectivity index (χ4v) is 2.10. The first-order chi connectivity index (χ1) is 8.95. The third-order valence-corrected chi connectivity index (χ3v) is 2.96. The SMILES string of the molecule is [c]1ccc(-c2ccccc2-c2[c]cccc2)cc1. The van der Waals surface area contributed by atoms with Gasteiger partial charge < -0.3 is 0 Å². The molecule has 3 aromatic rings. The van der Waals surface area contributed by atoms with Gasteiger partial charge in [0.25, 0.3) is 0 Å². The van der Waals surface area contributed by atoms with Gasteiger partial charge in [0.2, 0.25) is 0 Å². The molecule has 0 atom stereocenters. The molecule has 3 rings (SSSR count). The molecule has 3 aromatic carbocycles. The minimum Gasteiger partial charge on any atom is -0.0616 e. The first-order valence-corrected chi connectivity index (χ1v) is 5.98. The highest BCUT2D eigenvalue weighted by Crippen LogP contribution is 2.31. The Bertz CT molecular complexity index is 566. The van der Waals surface area contributed by atoms with Crippen molar-refractivity contribution >= 4 is 0 Å². The van der Waals surface area contributed by atoms with E-state index in [1.807, 2.05) is 30.3 Å². The van der Waals surface area contributed by atoms with E-state index in [1.165, 1.54) is 16.7 Å². The van der Waals surface area contributed by atoms with Crippen molar-refractivity contribution in [2.75, 3.05) is 0 Å². The van der Waals surface area contributed by atoms with Gasteiger partial charge in [0.1, 0.15) is 0 Å². The summed E-state index contributed by atoms with van der Waals surface area (Å²) >= 11 is 0. The fraction of sp³-hybridized carbons (Fsp3) is 0. The Balaban J connectivity index is 2.18. The third-order valence-electron chi connectivity index (χ3n) is 2.96. The predicted molar refractivity (Wildman–Crippen MR) is 75.0 cm³/mol. The van der Waals surface area contributed by atoms with Crippen LogP contribution in [0.1, 0.15) is 0 Å². The van der Waals surface area contributed by atoms with E-state index in [-0.39, 0.29) is 0 Å². The van der Waals surface area contributed by atoms with Crippen molar-refractivity contribution in [3.63, 3.8) is 0 Å². The van der Waals surface area contributed by atoms with Crippen molar-refractivity contribution in [1.82, 2.24) is 0 Å². The van der Waals surface area contributed by atoms with Crippen LogP contribution in [0.15, 0.2) is 72.8 Å². The fourth-order valence-electron chi connectivity index (χ4n) is 2.10. The molecule has 0 aliphatic rings. The minimum absolute atomic E-state index is 1.13. The van der Waals surface area contributed by atoms with Crippen LogP contribution in [0.2, 0.25) is 0 Å². The maximum atomic E-state index is 3.29. The lowest BCUT2D eigenvalue weighted by Gasteiger charge is -2.09. The summed E-state index contributed by atoms with van der Waals surface area (Å²) < 4.78 is 0. The third kappa shape index (κ3) is 2.05. The van der Waals surface area contributed by atoms with E-state index in [4.69, 9.17) is 0 Å². The van der Waals surface area contributed by atoms with Gasteiger partial charge in [0.15, 0.2) is 0 Å². The van der Waals surface area contributed by atoms with Gasteiger partial charge in [-0.25, -0.2) is 0 Å². The Morgan fingerprint density at radius 3 is 2.06 bits per heavy atom. The zero-order valence-electron chi connectivity index (χ0n) is 9.93. The highest BCUT2D eigenvalue weighted by Gasteiger charge is 2.05. The number of benzene rings is 3. The van der Waals surface area contributed by atoms with Crippen molar-refractivity contribution in [1.29, 1.82) is 0 Å². The molecule has 0 fully saturated rings. The van der Waals surface area contributed by atoms with Crippen LogP contribution in [0.4, 0.5) is 0 Å². The number of hydrogen-bond acceptors (Lipinski definition) is 0. The molecule has 0 spiro atoms. The van der Waals surface area contributed by atoms with Gasteiger partial charge in [0, 0.05) is 0 Å². The molecule has 0 saturated heterocycles. The number of hydrogen-bond donors (Lipinski definition) is 0. The first kappa shape index (κ1) is 10.8. The van der Waals surface area contributed by atoms with Crippen LogP contribution >= 0.6 is 0 Å². The summed E-state index contributed by atoms with van der Waals surface area (Å²) in [5.41, 5.74) is 4.78. The van der Waals surface area contributed by atoms with Crippen LogP contribution in [0.25, 0.3) is 22.3 Å². The smallest absolute Gasteiger partial charge is 0.00990 e. The highest BCUT2D eigenvalue weighted by molar-refractivity contribution is 5.82. The molecule has 0 amide bonds. The largest absolute Gasteiger partial charge is 0.0616 e. The molecular formula is C18H12. The molecule has 0 saturated carbocycles. The van der Waals surface area contributed by atoms with Crippen LogP contribution in [0, 0.1) is 12.1 Å². The molecule has 0 aliphatic heterocycles. The van der Waals surface area contributed by atoms with Gasteiger partial charge >= 0.3 is 0 Å². The molecule has 0 nitrogen and oxygen atoms in total. The summed E-state index contributed by atoms with van der Waals surface area (Å²) in [7, 11) is 0. The summed E-state index contributed by atoms with van der Waals surface area (Å²) in [6.45, 7) is 0. The zero-order valence-corrected chi connectivity index (χ0v) is 9.93. The minimum atomic E-state index is 1.13. The van der Waals surface area contributed by atoms with E-state index in [9.17, 15) is 0 Å². The van der Waals surface area contributed by atoms with Gasteiger partial charge in [-0.3, -0.25) is 0 Å². The second kappa shape index (κ2) is 4.89. The normalized spacial score (nSPS) is 10.2. The number of rotatable bonds is 2. The van der Waals surface area contributed by atoms with Crippen molar-refractivity contribution in [3.05, 3.63) is 84.9 Å². The maximum absolute atomic E-state index is 3.29. The molecule has 84 valence electrons. The quantitative estimate of drug-likeness (QED) is 0.600. The lowest BCUT2D eigenvalue weighted by molar-refractivity contribution is 1.57. The van der Waals surface area contributed by atoms with Gasteiger partial charge in [-0.05, 0) is 34.4 Å². The summed E-state index contributed by atoms with van der Waals surface area (Å²) in [5.74, 6) is 0. The first-order valence-electron chi connectivity index (χ1n) is 5.98. The predicted octanol–water partition coefficient (Wildman–Crippen LogP) is 4.62. The van der Waals surface area contributed by atoms with Gasteiger partial charge in [-0.2, -0.15) is 0 Å². The molecule has 0 aromatic heterocycles. The van der Waals surface area contributed by atoms with E-state index >= 15 is 0 Å². The van der Waals surface area contributed by atoms with Crippen LogP contribution in [0.5, 0.6) is 0 Å². The average Bonchev–Trinajstić information content (AvgIpc) is 2.49. The molecule has 0 heteroatoms. The molecule has 0 heterocycles. The molecule has 0 unspecified atom stereocenters. The zero-order chi connectivity index (χ0) is 12.2. The molecule has 2 radical (unpaired) electrons. The van der Waals surface area contributed by atoms with Crippen molar-refractivity contribution < 1.29 is 0 Å². The Hall–Kier alpha value is -2.34. The van der Waals surface area contributed by atoms with E-state index in [2.05, 4.69) is 54.6 Å². The van der Waals surface area contributed by atoms with Crippen molar-refractivity contribution in [2.45, 2.75) is 0 Å². The van der Waals surface area contributed by atoms with E-state index in [1.54, 1.807) is 0 Å². The molecular weight excluding hydrogens is 216 g/mol. The molecule has 0 N–H and O–H groups in total. The van der Waals surface area contributed by atoms with Crippen LogP contribution in [-0.4, -0.2) is 0 Å². The van der Waals surface area contributed by atoms with Crippen LogP contribution < -0.4 is 0 Å². The Kier molecular flexibility index (Phi) is 2.93. The summed E-state index contributed by atoms with van der Waals surface area (Å²) in [5, 5.41) is 0. The Labute approximate surface area is 108 Å². The Morgan fingerprint density at radius 1 is 0.611 bits per heavy atom. The molecule has 18 heavy (non-hydrogen) atoms. The van der Waals surface area contributed by atoms with Crippen molar-refractivity contribution in [2.24, 2.45) is 0 Å². The molecule has 0 bridgehead atoms. The monoisotopic (exact) mass is 228 g/mol. The van der Waals surface area contributed by atoms with Crippen LogP contribution in [-0.2, 0) is 0 Å². The second-order valence-electron chi connectivity index (χ2n) is 4.11. The van der Waals surface area contributed by atoms with Crippen molar-refractivity contribution in [3.8, 4) is 22.3 Å². The lowest BCUT2D eigenvalue weighted by atomic mass is 9.95. The highest BCUT2D eigenvalue weighted by atomic mass is 14.1. The lowest BCUT2D eigenvalue weighted by Crippen LogP contribution is -1.84. The van der Waals surface area contributed by atoms with E-state index < -0.39 is 0 Å². The standard InChI is InChI=1S/C18H12/c1-3-9-15(10-4-1)17-13-7-8-14-18(17)16-11-5-2-6-12-16/h1,3-9,11-14H. The van der Waals surface area contributed by atoms with Crippen LogP contribution in [0.3, 0.4) is 0 Å². The Morgan fingerprint density at radius 2 is 1.33 bits per heavy atom. The summed E-state index contributed by atoms with van der Waals surface area (Å²) in [6, 6.07) is 30.9. The summed E-state index contributed by atoms with van der Waals surface area (Å²) in [4.78, 5) is 0. The van der Waals surface area contributed by atoms with Gasteiger partial charge in [-0.1, -0.05) is 72.8 Å². The van der Waals surface area contributed by atoms with E-state index in [0.717, 1.165) is 5.56 Å². The van der Waals surface area contributed by atoms with E-state index in [0.29, 0.717) is 0 Å². The van der Waals surface area contributed by atoms with Gasteiger partial charge in [0.05, 0.1) is 0 Å². The van der Waals surface area contributed by atoms with Gasteiger partial charge in [-0.15, -0.1) is 0 Å². The maximum Gasteiger partial charge on any atom is -0.00990 e. The summed E-state index contributed by atoms with van der Waals surface area (Å²) in [6.07, 6.45) is 0.